The van der Waals surface area contributed by atoms with Crippen molar-refractivity contribution in [1.82, 2.24) is 9.97 Å². The maximum atomic E-state index is 14.9. The van der Waals surface area contributed by atoms with E-state index < -0.39 is 30.5 Å². The Morgan fingerprint density at radius 2 is 1.97 bits per heavy atom. The fourth-order valence-electron chi connectivity index (χ4n) is 3.77. The average molecular weight is 483 g/mol. The highest BCUT2D eigenvalue weighted by molar-refractivity contribution is 5.76. The van der Waals surface area contributed by atoms with Crippen LogP contribution >= 0.6 is 0 Å². The third-order valence-electron chi connectivity index (χ3n) is 5.41. The van der Waals surface area contributed by atoms with Gasteiger partial charge in [0.25, 0.3) is 5.92 Å². The fraction of sp³-hybridized carbons (Fsp3) is 0.500. The number of anilines is 1. The predicted octanol–water partition coefficient (Wildman–Crippen LogP) is 3.69. The van der Waals surface area contributed by atoms with Crippen LogP contribution in [0.1, 0.15) is 47.9 Å². The Bertz CT molecular complexity index is 1030. The first kappa shape index (κ1) is 24.2. The minimum Gasteiger partial charge on any atom is -0.467 e. The molecule has 2 aliphatic rings. The molecule has 0 spiro atoms. The number of benzene rings is 1. The molecule has 2 aromatic rings. The summed E-state index contributed by atoms with van der Waals surface area (Å²) in [5.41, 5.74) is 1.97. The summed E-state index contributed by atoms with van der Waals surface area (Å²) in [6, 6.07) is 5.35. The van der Waals surface area contributed by atoms with Crippen molar-refractivity contribution in [2.45, 2.75) is 44.3 Å². The quantitative estimate of drug-likeness (QED) is 0.445. The Hall–Kier alpha value is -2.96. The first-order valence-electron chi connectivity index (χ1n) is 10.7. The lowest BCUT2D eigenvalue weighted by atomic mass is 10.0. The summed E-state index contributed by atoms with van der Waals surface area (Å²) >= 11 is 0. The summed E-state index contributed by atoms with van der Waals surface area (Å²) in [7, 11) is 1.05. The Kier molecular flexibility index (Phi) is 7.19. The lowest BCUT2D eigenvalue weighted by Gasteiger charge is -2.23. The number of methoxy groups -OCH3 is 1. The van der Waals surface area contributed by atoms with Crippen LogP contribution in [0.3, 0.4) is 0 Å². The zero-order valence-electron chi connectivity index (χ0n) is 18.6. The number of nitrogens with zero attached hydrogens (tertiary/aromatic N) is 2. The van der Waals surface area contributed by atoms with Crippen LogP contribution in [0, 0.1) is 6.92 Å². The number of ether oxygens (including phenoxy) is 4. The summed E-state index contributed by atoms with van der Waals surface area (Å²) in [5.74, 6) is -4.23. The van der Waals surface area contributed by atoms with Gasteiger partial charge in [0.05, 0.1) is 25.9 Å². The molecule has 0 radical (unpaired) electrons. The Morgan fingerprint density at radius 3 is 2.65 bits per heavy atom. The molecule has 2 saturated heterocycles. The van der Waals surface area contributed by atoms with Gasteiger partial charge in [0.1, 0.15) is 17.6 Å². The van der Waals surface area contributed by atoms with E-state index in [-0.39, 0.29) is 53.8 Å². The van der Waals surface area contributed by atoms with E-state index in [9.17, 15) is 18.0 Å². The van der Waals surface area contributed by atoms with Crippen molar-refractivity contribution in [3.8, 4) is 5.75 Å². The molecule has 2 atom stereocenters. The summed E-state index contributed by atoms with van der Waals surface area (Å²) in [4.78, 5) is 25.6. The van der Waals surface area contributed by atoms with E-state index in [2.05, 4.69) is 20.2 Å². The third kappa shape index (κ3) is 4.93. The largest absolute Gasteiger partial charge is 0.467 e. The molecule has 184 valence electrons. The highest BCUT2D eigenvalue weighted by atomic mass is 19.3. The standard InChI is InChI=1S/C22H24F3N3O6/c1-12-26-18(17(23)20(29)30-2)16(21-32-9-10-33-21)19(27-12)28-34-14-6-3-5-13(11-14)22(24,25)15-7-4-8-31-15/h3,5-6,11,15,17,21H,4,7-10H2,1-2H3,(H,26,27,28). The van der Waals surface area contributed by atoms with Gasteiger partial charge < -0.3 is 23.8 Å². The number of alkyl halides is 3. The van der Waals surface area contributed by atoms with Crippen LogP contribution in [-0.2, 0) is 29.7 Å². The lowest BCUT2D eigenvalue weighted by molar-refractivity contribution is -0.147. The minimum absolute atomic E-state index is 0.00170. The number of aryl methyl sites for hydroxylation is 1. The molecule has 4 rings (SSSR count). The molecule has 9 nitrogen and oxygen atoms in total. The number of carbonyl (C=O) groups is 1. The van der Waals surface area contributed by atoms with Crippen LogP contribution in [-0.4, -0.2) is 49.0 Å². The van der Waals surface area contributed by atoms with Crippen molar-refractivity contribution in [3.63, 3.8) is 0 Å². The molecule has 0 amide bonds. The molecule has 34 heavy (non-hydrogen) atoms. The van der Waals surface area contributed by atoms with Crippen molar-refractivity contribution in [3.05, 3.63) is 46.9 Å². The van der Waals surface area contributed by atoms with Crippen LogP contribution in [0.2, 0.25) is 0 Å². The van der Waals surface area contributed by atoms with Crippen molar-refractivity contribution in [2.24, 2.45) is 0 Å². The van der Waals surface area contributed by atoms with E-state index >= 15 is 0 Å². The van der Waals surface area contributed by atoms with Crippen molar-refractivity contribution >= 4 is 11.8 Å². The Balaban J connectivity index is 1.62. The molecule has 2 fully saturated rings. The van der Waals surface area contributed by atoms with Crippen LogP contribution in [0.25, 0.3) is 0 Å². The number of nitrogens with one attached hydrogen (secondary N) is 1. The normalized spacial score (nSPS) is 19.7. The van der Waals surface area contributed by atoms with Gasteiger partial charge >= 0.3 is 5.97 Å². The van der Waals surface area contributed by atoms with Gasteiger partial charge in [-0.2, -0.15) is 8.78 Å². The molecule has 1 N–H and O–H groups in total. The second kappa shape index (κ2) is 10.1. The first-order valence-corrected chi connectivity index (χ1v) is 10.7. The summed E-state index contributed by atoms with van der Waals surface area (Å²) < 4.78 is 65.1. The maximum absolute atomic E-state index is 14.9. The average Bonchev–Trinajstić information content (AvgIpc) is 3.56. The minimum atomic E-state index is -3.20. The van der Waals surface area contributed by atoms with Gasteiger partial charge in [-0.25, -0.2) is 24.6 Å². The van der Waals surface area contributed by atoms with Gasteiger partial charge in [-0.3, -0.25) is 0 Å². The Labute approximate surface area is 193 Å². The van der Waals surface area contributed by atoms with Gasteiger partial charge in [-0.15, -0.1) is 0 Å². The van der Waals surface area contributed by atoms with E-state index in [0.717, 1.165) is 7.11 Å². The van der Waals surface area contributed by atoms with Crippen molar-refractivity contribution in [1.29, 1.82) is 0 Å². The van der Waals surface area contributed by atoms with E-state index in [1.807, 2.05) is 0 Å². The van der Waals surface area contributed by atoms with Crippen LogP contribution in [0.5, 0.6) is 5.75 Å². The second-order valence-electron chi connectivity index (χ2n) is 7.73. The van der Waals surface area contributed by atoms with E-state index in [0.29, 0.717) is 13.0 Å². The summed E-state index contributed by atoms with van der Waals surface area (Å²) in [6.07, 6.45) is -3.67. The molecule has 2 unspecified atom stereocenters. The molecule has 0 bridgehead atoms. The zero-order valence-corrected chi connectivity index (χ0v) is 18.6. The number of esters is 1. The van der Waals surface area contributed by atoms with Crippen molar-refractivity contribution < 1.29 is 41.8 Å². The number of hydrogen-bond acceptors (Lipinski definition) is 9. The SMILES string of the molecule is COC(=O)C(F)c1nc(C)nc(NOc2cccc(C(F)(F)C3CCCO3)c2)c1C1OCCO1. The Morgan fingerprint density at radius 1 is 1.21 bits per heavy atom. The topological polar surface area (TPSA) is 101 Å². The molecular weight excluding hydrogens is 459 g/mol. The molecule has 2 aliphatic heterocycles. The van der Waals surface area contributed by atoms with Gasteiger partial charge in [0.2, 0.25) is 6.17 Å². The number of carbonyl (C=O) groups excluding carboxylic acids is 1. The zero-order chi connectivity index (χ0) is 24.3. The fourth-order valence-corrected chi connectivity index (χ4v) is 3.77. The molecule has 1 aromatic heterocycles. The molecule has 0 aliphatic carbocycles. The smallest absolute Gasteiger partial charge is 0.346 e. The molecular formula is C22H24F3N3O6. The molecule has 1 aromatic carbocycles. The second-order valence-corrected chi connectivity index (χ2v) is 7.73. The highest BCUT2D eigenvalue weighted by Gasteiger charge is 2.44. The summed E-state index contributed by atoms with van der Waals surface area (Å²) in [6.45, 7) is 2.24. The van der Waals surface area contributed by atoms with Crippen molar-refractivity contribution in [2.75, 3.05) is 32.4 Å². The van der Waals surface area contributed by atoms with Gasteiger partial charge in [0.15, 0.2) is 17.9 Å². The number of halogens is 3. The molecule has 12 heteroatoms. The maximum Gasteiger partial charge on any atom is 0.346 e. The van der Waals surface area contributed by atoms with Crippen LogP contribution < -0.4 is 10.3 Å². The predicted molar refractivity (Wildman–Crippen MR) is 111 cm³/mol. The first-order chi connectivity index (χ1) is 16.3. The van der Waals surface area contributed by atoms with Gasteiger partial charge in [0, 0.05) is 12.2 Å². The summed E-state index contributed by atoms with van der Waals surface area (Å²) in [5, 5.41) is 0. The molecule has 3 heterocycles. The molecule has 0 saturated carbocycles. The lowest BCUT2D eigenvalue weighted by Crippen LogP contribution is -2.30. The monoisotopic (exact) mass is 483 g/mol. The third-order valence-corrected chi connectivity index (χ3v) is 5.41. The number of hydrogen-bond donors (Lipinski definition) is 1. The van der Waals surface area contributed by atoms with E-state index in [1.54, 1.807) is 0 Å². The van der Waals surface area contributed by atoms with E-state index in [1.165, 1.54) is 31.2 Å². The van der Waals surface area contributed by atoms with Gasteiger partial charge in [-0.05, 0) is 31.9 Å². The van der Waals surface area contributed by atoms with Gasteiger partial charge in [-0.1, -0.05) is 12.1 Å². The highest BCUT2D eigenvalue weighted by Crippen LogP contribution is 2.40. The number of rotatable bonds is 8. The van der Waals surface area contributed by atoms with E-state index in [4.69, 9.17) is 19.0 Å². The number of aromatic nitrogens is 2. The van der Waals surface area contributed by atoms with Crippen LogP contribution in [0.4, 0.5) is 19.0 Å². The van der Waals surface area contributed by atoms with Crippen LogP contribution in [0.15, 0.2) is 24.3 Å².